The second-order valence-electron chi connectivity index (χ2n) is 5.43. The molecule has 2 aromatic heterocycles. The predicted molar refractivity (Wildman–Crippen MR) is 74.9 cm³/mol. The van der Waals surface area contributed by atoms with E-state index in [-0.39, 0.29) is 0 Å². The number of furan rings is 1. The zero-order chi connectivity index (χ0) is 13.2. The average Bonchev–Trinajstić information content (AvgIpc) is 3.08. The molecular formula is C15H21N3O. The number of H-pyrrole nitrogens is 1. The third-order valence-electron chi connectivity index (χ3n) is 3.87. The fourth-order valence-electron chi connectivity index (χ4n) is 2.86. The molecule has 4 heteroatoms. The zero-order valence-electron chi connectivity index (χ0n) is 11.6. The second-order valence-corrected chi connectivity index (χ2v) is 5.43. The van der Waals surface area contributed by atoms with Crippen molar-refractivity contribution in [3.8, 4) is 11.3 Å². The number of aromatic amines is 1. The Balaban J connectivity index is 1.67. The molecule has 19 heavy (non-hydrogen) atoms. The largest absolute Gasteiger partial charge is 0.466 e. The van der Waals surface area contributed by atoms with Gasteiger partial charge in [0.05, 0.1) is 18.4 Å². The second kappa shape index (κ2) is 5.21. The summed E-state index contributed by atoms with van der Waals surface area (Å²) >= 11 is 0. The van der Waals surface area contributed by atoms with E-state index in [2.05, 4.69) is 21.4 Å². The van der Waals surface area contributed by atoms with Crippen LogP contribution in [0.1, 0.15) is 43.0 Å². The Morgan fingerprint density at radius 1 is 1.37 bits per heavy atom. The van der Waals surface area contributed by atoms with Crippen molar-refractivity contribution in [3.63, 3.8) is 0 Å². The lowest BCUT2D eigenvalue weighted by atomic mass is 10.2. The normalized spacial score (nSPS) is 16.3. The van der Waals surface area contributed by atoms with Crippen molar-refractivity contribution in [2.45, 2.75) is 52.1 Å². The lowest BCUT2D eigenvalue weighted by Crippen LogP contribution is -2.25. The molecule has 102 valence electrons. The molecule has 0 saturated heterocycles. The van der Waals surface area contributed by atoms with Gasteiger partial charge in [-0.2, -0.15) is 0 Å². The Morgan fingerprint density at radius 2 is 2.16 bits per heavy atom. The lowest BCUT2D eigenvalue weighted by Gasteiger charge is -2.09. The van der Waals surface area contributed by atoms with Gasteiger partial charge in [0, 0.05) is 11.6 Å². The lowest BCUT2D eigenvalue weighted by molar-refractivity contribution is 0.505. The van der Waals surface area contributed by atoms with E-state index in [9.17, 15) is 0 Å². The fourth-order valence-corrected chi connectivity index (χ4v) is 2.86. The van der Waals surface area contributed by atoms with E-state index in [4.69, 9.17) is 4.42 Å². The number of hydrogen-bond acceptors (Lipinski definition) is 3. The summed E-state index contributed by atoms with van der Waals surface area (Å²) in [4.78, 5) is 7.82. The molecule has 2 heterocycles. The number of rotatable bonds is 4. The highest BCUT2D eigenvalue weighted by Crippen LogP contribution is 2.25. The molecule has 4 nitrogen and oxygen atoms in total. The quantitative estimate of drug-likeness (QED) is 0.885. The minimum atomic E-state index is 0.673. The van der Waals surface area contributed by atoms with Crippen molar-refractivity contribution in [1.82, 2.24) is 15.3 Å². The topological polar surface area (TPSA) is 53.9 Å². The minimum Gasteiger partial charge on any atom is -0.466 e. The maximum absolute atomic E-state index is 5.56. The van der Waals surface area contributed by atoms with Crippen LogP contribution < -0.4 is 5.32 Å². The fraction of sp³-hybridized carbons (Fsp3) is 0.533. The van der Waals surface area contributed by atoms with Crippen LogP contribution in [0.2, 0.25) is 0 Å². The molecule has 0 unspecified atom stereocenters. The smallest absolute Gasteiger partial charge is 0.120 e. The standard InChI is InChI=1S/C15H21N3O/c1-10-7-13(11(2)19-10)14-8-17-15(18-14)9-16-12-5-3-4-6-12/h7-8,12,16H,3-6,9H2,1-2H3,(H,17,18). The first kappa shape index (κ1) is 12.5. The summed E-state index contributed by atoms with van der Waals surface area (Å²) in [6.07, 6.45) is 7.20. The van der Waals surface area contributed by atoms with E-state index >= 15 is 0 Å². The molecule has 0 amide bonds. The Hall–Kier alpha value is -1.55. The average molecular weight is 259 g/mol. The van der Waals surface area contributed by atoms with Crippen molar-refractivity contribution in [2.75, 3.05) is 0 Å². The molecule has 0 aliphatic heterocycles. The van der Waals surface area contributed by atoms with Gasteiger partial charge < -0.3 is 14.7 Å². The number of hydrogen-bond donors (Lipinski definition) is 2. The van der Waals surface area contributed by atoms with E-state index in [0.717, 1.165) is 35.1 Å². The maximum Gasteiger partial charge on any atom is 0.120 e. The van der Waals surface area contributed by atoms with Crippen LogP contribution in [-0.4, -0.2) is 16.0 Å². The molecule has 0 bridgehead atoms. The van der Waals surface area contributed by atoms with E-state index in [1.165, 1.54) is 25.7 Å². The Morgan fingerprint density at radius 3 is 2.84 bits per heavy atom. The van der Waals surface area contributed by atoms with Gasteiger partial charge in [-0.25, -0.2) is 4.98 Å². The molecule has 0 radical (unpaired) electrons. The summed E-state index contributed by atoms with van der Waals surface area (Å²) in [5.74, 6) is 2.88. The van der Waals surface area contributed by atoms with Gasteiger partial charge in [0.2, 0.25) is 0 Å². The Bertz CT molecular complexity index is 549. The van der Waals surface area contributed by atoms with Crippen LogP contribution in [0.25, 0.3) is 11.3 Å². The summed E-state index contributed by atoms with van der Waals surface area (Å²) in [6, 6.07) is 2.73. The van der Waals surface area contributed by atoms with E-state index in [1.807, 2.05) is 20.0 Å². The summed E-state index contributed by atoms with van der Waals surface area (Å²) in [7, 11) is 0. The van der Waals surface area contributed by atoms with Crippen LogP contribution >= 0.6 is 0 Å². The number of aryl methyl sites for hydroxylation is 2. The van der Waals surface area contributed by atoms with Crippen molar-refractivity contribution in [3.05, 3.63) is 29.6 Å². The first-order valence-electron chi connectivity index (χ1n) is 7.07. The van der Waals surface area contributed by atoms with Crippen LogP contribution in [0.15, 0.2) is 16.7 Å². The molecule has 1 aliphatic carbocycles. The molecule has 2 N–H and O–H groups in total. The summed E-state index contributed by atoms with van der Waals surface area (Å²) in [5, 5.41) is 3.57. The minimum absolute atomic E-state index is 0.673. The third kappa shape index (κ3) is 2.73. The molecule has 1 aliphatic rings. The van der Waals surface area contributed by atoms with Crippen LogP contribution in [0.4, 0.5) is 0 Å². The van der Waals surface area contributed by atoms with Crippen LogP contribution in [0.5, 0.6) is 0 Å². The van der Waals surface area contributed by atoms with Crippen LogP contribution in [-0.2, 0) is 6.54 Å². The van der Waals surface area contributed by atoms with Crippen molar-refractivity contribution < 1.29 is 4.42 Å². The SMILES string of the molecule is Cc1cc(-c2cnc(CNC3CCCC3)[nH]2)c(C)o1. The summed E-state index contributed by atoms with van der Waals surface area (Å²) in [6.45, 7) is 4.77. The zero-order valence-corrected chi connectivity index (χ0v) is 11.6. The van der Waals surface area contributed by atoms with Gasteiger partial charge in [-0.15, -0.1) is 0 Å². The number of aromatic nitrogens is 2. The van der Waals surface area contributed by atoms with Gasteiger partial charge in [0.25, 0.3) is 0 Å². The van der Waals surface area contributed by atoms with Crippen molar-refractivity contribution in [2.24, 2.45) is 0 Å². The molecule has 0 spiro atoms. The van der Waals surface area contributed by atoms with Crippen LogP contribution in [0.3, 0.4) is 0 Å². The van der Waals surface area contributed by atoms with E-state index in [0.29, 0.717) is 6.04 Å². The number of imidazole rings is 1. The van der Waals surface area contributed by atoms with E-state index < -0.39 is 0 Å². The maximum atomic E-state index is 5.56. The first-order valence-corrected chi connectivity index (χ1v) is 7.07. The highest BCUT2D eigenvalue weighted by Gasteiger charge is 2.15. The molecule has 2 aromatic rings. The number of nitrogens with one attached hydrogen (secondary N) is 2. The van der Waals surface area contributed by atoms with Gasteiger partial charge in [-0.3, -0.25) is 0 Å². The summed E-state index contributed by atoms with van der Waals surface area (Å²) in [5.41, 5.74) is 2.15. The first-order chi connectivity index (χ1) is 9.22. The highest BCUT2D eigenvalue weighted by molar-refractivity contribution is 5.61. The van der Waals surface area contributed by atoms with Crippen molar-refractivity contribution in [1.29, 1.82) is 0 Å². The molecule has 0 atom stereocenters. The van der Waals surface area contributed by atoms with Gasteiger partial charge in [-0.1, -0.05) is 12.8 Å². The molecular weight excluding hydrogens is 238 g/mol. The third-order valence-corrected chi connectivity index (χ3v) is 3.87. The monoisotopic (exact) mass is 259 g/mol. The van der Waals surface area contributed by atoms with Crippen molar-refractivity contribution >= 4 is 0 Å². The molecule has 0 aromatic carbocycles. The predicted octanol–water partition coefficient (Wildman–Crippen LogP) is 3.32. The van der Waals surface area contributed by atoms with Crippen LogP contribution in [0, 0.1) is 13.8 Å². The number of nitrogens with zero attached hydrogens (tertiary/aromatic N) is 1. The van der Waals surface area contributed by atoms with Gasteiger partial charge in [0.15, 0.2) is 0 Å². The molecule has 3 rings (SSSR count). The highest BCUT2D eigenvalue weighted by atomic mass is 16.3. The molecule has 1 saturated carbocycles. The molecule has 1 fully saturated rings. The van der Waals surface area contributed by atoms with E-state index in [1.54, 1.807) is 0 Å². The Kier molecular flexibility index (Phi) is 3.42. The van der Waals surface area contributed by atoms with Gasteiger partial charge >= 0.3 is 0 Å². The van der Waals surface area contributed by atoms with Gasteiger partial charge in [0.1, 0.15) is 17.3 Å². The summed E-state index contributed by atoms with van der Waals surface area (Å²) < 4.78 is 5.56. The Labute approximate surface area is 113 Å². The van der Waals surface area contributed by atoms with Gasteiger partial charge in [-0.05, 0) is 32.8 Å².